The Morgan fingerprint density at radius 2 is 1.95 bits per heavy atom. The molecule has 5 nitrogen and oxygen atoms in total. The van der Waals surface area contributed by atoms with Crippen LogP contribution < -0.4 is 4.72 Å². The average molecular weight is 331 g/mol. The third-order valence-corrected chi connectivity index (χ3v) is 5.25. The summed E-state index contributed by atoms with van der Waals surface area (Å²) in [5, 5.41) is 8.80. The zero-order valence-corrected chi connectivity index (χ0v) is 13.8. The molecule has 0 aliphatic rings. The largest absolute Gasteiger partial charge is 0.478 e. The van der Waals surface area contributed by atoms with E-state index in [0.29, 0.717) is 5.56 Å². The summed E-state index contributed by atoms with van der Waals surface area (Å²) in [5.41, 5.74) is 0.719. The average Bonchev–Trinajstić information content (AvgIpc) is 2.38. The van der Waals surface area contributed by atoms with Crippen LogP contribution in [0.3, 0.4) is 0 Å². The van der Waals surface area contributed by atoms with Gasteiger partial charge in [0.05, 0.1) is 11.3 Å². The van der Waals surface area contributed by atoms with E-state index < -0.39 is 16.0 Å². The number of hydrogen-bond acceptors (Lipinski definition) is 4. The quantitative estimate of drug-likeness (QED) is 0.679. The first-order chi connectivity index (χ1) is 9.84. The van der Waals surface area contributed by atoms with Crippen LogP contribution in [0.1, 0.15) is 36.2 Å². The lowest BCUT2D eigenvalue weighted by Gasteiger charge is -2.14. The van der Waals surface area contributed by atoms with Crippen molar-refractivity contribution in [3.05, 3.63) is 35.4 Å². The molecular weight excluding hydrogens is 310 g/mol. The topological polar surface area (TPSA) is 83.5 Å². The minimum absolute atomic E-state index is 0.104. The summed E-state index contributed by atoms with van der Waals surface area (Å²) in [4.78, 5) is 10.7. The third-order valence-electron chi connectivity index (χ3n) is 2.84. The number of carbonyl (C=O) groups is 1. The number of nitrogens with one attached hydrogen (secondary N) is 1. The highest BCUT2D eigenvalue weighted by Crippen LogP contribution is 2.10. The molecule has 21 heavy (non-hydrogen) atoms. The smallest absolute Gasteiger partial charge is 0.335 e. The second-order valence-corrected chi connectivity index (χ2v) is 7.91. The van der Waals surface area contributed by atoms with E-state index in [1.807, 2.05) is 6.92 Å². The van der Waals surface area contributed by atoms with Gasteiger partial charge in [0.25, 0.3) is 0 Å². The maximum Gasteiger partial charge on any atom is 0.335 e. The van der Waals surface area contributed by atoms with Gasteiger partial charge in [-0.05, 0) is 42.5 Å². The molecule has 1 atom stereocenters. The molecule has 0 heterocycles. The van der Waals surface area contributed by atoms with Gasteiger partial charge in [-0.25, -0.2) is 17.9 Å². The zero-order valence-electron chi connectivity index (χ0n) is 12.2. The van der Waals surface area contributed by atoms with Crippen molar-refractivity contribution in [2.45, 2.75) is 32.1 Å². The van der Waals surface area contributed by atoms with Gasteiger partial charge in [-0.3, -0.25) is 0 Å². The van der Waals surface area contributed by atoms with Gasteiger partial charge in [-0.2, -0.15) is 11.8 Å². The minimum atomic E-state index is -3.41. The van der Waals surface area contributed by atoms with E-state index in [2.05, 4.69) is 11.6 Å². The van der Waals surface area contributed by atoms with E-state index >= 15 is 0 Å². The Hall–Kier alpha value is -1.05. The first-order valence-corrected chi connectivity index (χ1v) is 9.54. The Balaban J connectivity index is 2.57. The lowest BCUT2D eigenvalue weighted by atomic mass is 10.1. The van der Waals surface area contributed by atoms with Crippen molar-refractivity contribution in [1.82, 2.24) is 4.72 Å². The van der Waals surface area contributed by atoms with Gasteiger partial charge in [-0.1, -0.05) is 19.1 Å². The van der Waals surface area contributed by atoms with Crippen LogP contribution in [0.4, 0.5) is 0 Å². The van der Waals surface area contributed by atoms with E-state index in [0.717, 1.165) is 17.9 Å². The van der Waals surface area contributed by atoms with Crippen molar-refractivity contribution in [3.63, 3.8) is 0 Å². The molecule has 0 bridgehead atoms. The van der Waals surface area contributed by atoms with Gasteiger partial charge in [-0.15, -0.1) is 0 Å². The maximum atomic E-state index is 12.0. The van der Waals surface area contributed by atoms with Crippen molar-refractivity contribution in [2.24, 2.45) is 0 Å². The summed E-state index contributed by atoms with van der Waals surface area (Å²) in [7, 11) is -3.41. The number of carboxylic acids is 1. The lowest BCUT2D eigenvalue weighted by molar-refractivity contribution is 0.0697. The van der Waals surface area contributed by atoms with Crippen molar-refractivity contribution in [3.8, 4) is 0 Å². The Labute approximate surface area is 130 Å². The molecule has 7 heteroatoms. The van der Waals surface area contributed by atoms with Crippen LogP contribution in [-0.2, 0) is 15.8 Å². The van der Waals surface area contributed by atoms with E-state index in [4.69, 9.17) is 5.11 Å². The molecule has 0 amide bonds. The highest BCUT2D eigenvalue weighted by atomic mass is 32.2. The predicted molar refractivity (Wildman–Crippen MR) is 86.2 cm³/mol. The summed E-state index contributed by atoms with van der Waals surface area (Å²) < 4.78 is 26.7. The number of rotatable bonds is 9. The van der Waals surface area contributed by atoms with Crippen LogP contribution in [0.25, 0.3) is 0 Å². The molecule has 0 aliphatic heterocycles. The number of carboxylic acid groups (broad SMARTS) is 1. The minimum Gasteiger partial charge on any atom is -0.478 e. The maximum absolute atomic E-state index is 12.0. The molecule has 0 radical (unpaired) electrons. The standard InChI is InChI=1S/C14H21NO4S2/c1-3-20-9-8-11(2)15-21(18,19)10-12-4-6-13(7-5-12)14(16)17/h4-7,11,15H,3,8-10H2,1-2H3,(H,16,17). The predicted octanol–water partition coefficient (Wildman–Crippen LogP) is 2.34. The van der Waals surface area contributed by atoms with Gasteiger partial charge in [0, 0.05) is 6.04 Å². The summed E-state index contributed by atoms with van der Waals surface area (Å²) in [6, 6.07) is 5.77. The number of aromatic carboxylic acids is 1. The molecule has 0 spiro atoms. The van der Waals surface area contributed by atoms with Crippen LogP contribution >= 0.6 is 11.8 Å². The Morgan fingerprint density at radius 3 is 2.48 bits per heavy atom. The van der Waals surface area contributed by atoms with Crippen LogP contribution in [-0.4, -0.2) is 37.0 Å². The molecular formula is C14H21NO4S2. The first-order valence-electron chi connectivity index (χ1n) is 6.74. The van der Waals surface area contributed by atoms with E-state index in [1.54, 1.807) is 11.8 Å². The normalized spacial score (nSPS) is 13.0. The monoisotopic (exact) mass is 331 g/mol. The number of thioether (sulfide) groups is 1. The van der Waals surface area contributed by atoms with Crippen molar-refractivity contribution >= 4 is 27.8 Å². The van der Waals surface area contributed by atoms with Gasteiger partial charge in [0.2, 0.25) is 10.0 Å². The first kappa shape index (κ1) is 18.0. The Bertz CT molecular complexity index is 555. The third kappa shape index (κ3) is 6.97. The second kappa shape index (κ2) is 8.41. The van der Waals surface area contributed by atoms with Gasteiger partial charge >= 0.3 is 5.97 Å². The van der Waals surface area contributed by atoms with E-state index in [9.17, 15) is 13.2 Å². The Kier molecular flexibility index (Phi) is 7.21. The van der Waals surface area contributed by atoms with Crippen molar-refractivity contribution < 1.29 is 18.3 Å². The van der Waals surface area contributed by atoms with Crippen LogP contribution in [0.15, 0.2) is 24.3 Å². The van der Waals surface area contributed by atoms with E-state index in [1.165, 1.54) is 24.3 Å². The number of benzene rings is 1. The number of hydrogen-bond donors (Lipinski definition) is 2. The molecule has 2 N–H and O–H groups in total. The van der Waals surface area contributed by atoms with Crippen LogP contribution in [0.5, 0.6) is 0 Å². The lowest BCUT2D eigenvalue weighted by Crippen LogP contribution is -2.33. The fourth-order valence-electron chi connectivity index (χ4n) is 1.77. The van der Waals surface area contributed by atoms with Gasteiger partial charge in [0.1, 0.15) is 0 Å². The molecule has 0 saturated heterocycles. The highest BCUT2D eigenvalue weighted by Gasteiger charge is 2.15. The summed E-state index contributed by atoms with van der Waals surface area (Å²) in [5.74, 6) is 0.783. The molecule has 1 unspecified atom stereocenters. The fourth-order valence-corrected chi connectivity index (χ4v) is 4.03. The fraction of sp³-hybridized carbons (Fsp3) is 0.500. The summed E-state index contributed by atoms with van der Waals surface area (Å²) in [6.45, 7) is 3.92. The molecule has 118 valence electrons. The van der Waals surface area contributed by atoms with Gasteiger partial charge < -0.3 is 5.11 Å². The second-order valence-electron chi connectivity index (χ2n) is 4.77. The molecule has 1 aromatic rings. The Morgan fingerprint density at radius 1 is 1.33 bits per heavy atom. The van der Waals surface area contributed by atoms with Crippen LogP contribution in [0.2, 0.25) is 0 Å². The molecule has 1 aromatic carbocycles. The molecule has 0 saturated carbocycles. The van der Waals surface area contributed by atoms with Crippen molar-refractivity contribution in [1.29, 1.82) is 0 Å². The molecule has 0 fully saturated rings. The van der Waals surface area contributed by atoms with E-state index in [-0.39, 0.29) is 17.4 Å². The molecule has 0 aliphatic carbocycles. The summed E-state index contributed by atoms with van der Waals surface area (Å²) >= 11 is 1.78. The number of sulfonamides is 1. The molecule has 1 rings (SSSR count). The summed E-state index contributed by atoms with van der Waals surface area (Å²) in [6.07, 6.45) is 0.787. The van der Waals surface area contributed by atoms with Crippen molar-refractivity contribution in [2.75, 3.05) is 11.5 Å². The van der Waals surface area contributed by atoms with Crippen LogP contribution in [0, 0.1) is 0 Å². The van der Waals surface area contributed by atoms with Gasteiger partial charge in [0.15, 0.2) is 0 Å². The zero-order chi connectivity index (χ0) is 15.9. The SMILES string of the molecule is CCSCCC(C)NS(=O)(=O)Cc1ccc(C(=O)O)cc1. The molecule has 0 aromatic heterocycles. The highest BCUT2D eigenvalue weighted by molar-refractivity contribution is 7.99.